The van der Waals surface area contributed by atoms with Crippen LogP contribution in [0.25, 0.3) is 21.7 Å². The smallest absolute Gasteiger partial charge is 0.278 e. The van der Waals surface area contributed by atoms with Gasteiger partial charge in [0.05, 0.1) is 0 Å². The lowest BCUT2D eigenvalue weighted by Crippen LogP contribution is -2.43. The molecule has 2 aromatic carbocycles. The SMILES string of the molecule is O=C(NCc1ccccc1)[C@H]1CCCN1c1nc2c(=O)[nH]c(-c3ccc(F)cc3)nc2s1. The zero-order valence-electron chi connectivity index (χ0n) is 17.0. The second kappa shape index (κ2) is 8.51. The molecule has 0 bridgehead atoms. The number of halogens is 1. The second-order valence-electron chi connectivity index (χ2n) is 7.63. The summed E-state index contributed by atoms with van der Waals surface area (Å²) < 4.78 is 13.2. The maximum Gasteiger partial charge on any atom is 0.278 e. The van der Waals surface area contributed by atoms with Crippen LogP contribution in [0.5, 0.6) is 0 Å². The van der Waals surface area contributed by atoms with Crippen molar-refractivity contribution in [2.24, 2.45) is 0 Å². The van der Waals surface area contributed by atoms with E-state index in [0.717, 1.165) is 18.4 Å². The summed E-state index contributed by atoms with van der Waals surface area (Å²) in [5.41, 5.74) is 1.53. The highest BCUT2D eigenvalue weighted by molar-refractivity contribution is 7.21. The van der Waals surface area contributed by atoms with Crippen LogP contribution in [0, 0.1) is 5.82 Å². The predicted octanol–water partition coefficient (Wildman–Crippen LogP) is 3.47. The molecular formula is C23H20FN5O2S. The molecule has 1 atom stereocenters. The van der Waals surface area contributed by atoms with E-state index in [2.05, 4.69) is 20.3 Å². The zero-order chi connectivity index (χ0) is 22.1. The average Bonchev–Trinajstić information content (AvgIpc) is 3.46. The topological polar surface area (TPSA) is 91.0 Å². The number of hydrogen-bond donors (Lipinski definition) is 2. The number of aromatic amines is 1. The molecule has 2 aromatic heterocycles. The molecule has 3 heterocycles. The van der Waals surface area contributed by atoms with Gasteiger partial charge in [0.2, 0.25) is 5.91 Å². The van der Waals surface area contributed by atoms with Crippen LogP contribution in [-0.4, -0.2) is 33.4 Å². The van der Waals surface area contributed by atoms with E-state index in [1.165, 1.54) is 23.5 Å². The van der Waals surface area contributed by atoms with Gasteiger partial charge in [0, 0.05) is 18.7 Å². The number of rotatable bonds is 5. The minimum Gasteiger partial charge on any atom is -0.350 e. The lowest BCUT2D eigenvalue weighted by Gasteiger charge is -2.23. The number of anilines is 1. The van der Waals surface area contributed by atoms with E-state index in [4.69, 9.17) is 0 Å². The first kappa shape index (κ1) is 20.3. The first-order valence-electron chi connectivity index (χ1n) is 10.3. The molecule has 7 nitrogen and oxygen atoms in total. The van der Waals surface area contributed by atoms with Crippen molar-refractivity contribution in [2.45, 2.75) is 25.4 Å². The molecule has 1 saturated heterocycles. The van der Waals surface area contributed by atoms with E-state index in [1.807, 2.05) is 35.2 Å². The summed E-state index contributed by atoms with van der Waals surface area (Å²) in [7, 11) is 0. The van der Waals surface area contributed by atoms with Crippen molar-refractivity contribution < 1.29 is 9.18 Å². The Labute approximate surface area is 187 Å². The molecule has 0 aliphatic carbocycles. The normalized spacial score (nSPS) is 15.9. The van der Waals surface area contributed by atoms with Crippen molar-refractivity contribution in [3.05, 3.63) is 76.3 Å². The number of nitrogens with zero attached hydrogens (tertiary/aromatic N) is 3. The first-order valence-corrected chi connectivity index (χ1v) is 11.2. The van der Waals surface area contributed by atoms with Crippen LogP contribution in [0.4, 0.5) is 9.52 Å². The zero-order valence-corrected chi connectivity index (χ0v) is 17.9. The highest BCUT2D eigenvalue weighted by atomic mass is 32.1. The van der Waals surface area contributed by atoms with Crippen LogP contribution in [0.3, 0.4) is 0 Å². The van der Waals surface area contributed by atoms with Gasteiger partial charge in [-0.2, -0.15) is 0 Å². The number of H-pyrrole nitrogens is 1. The molecule has 0 unspecified atom stereocenters. The van der Waals surface area contributed by atoms with Gasteiger partial charge in [0.25, 0.3) is 5.56 Å². The van der Waals surface area contributed by atoms with Crippen LogP contribution in [0.1, 0.15) is 18.4 Å². The summed E-state index contributed by atoms with van der Waals surface area (Å²) in [6.07, 6.45) is 1.59. The fourth-order valence-corrected chi connectivity index (χ4v) is 4.88. The molecular weight excluding hydrogens is 429 g/mol. The van der Waals surface area contributed by atoms with Gasteiger partial charge in [0.1, 0.15) is 17.7 Å². The fraction of sp³-hybridized carbons (Fsp3) is 0.217. The molecule has 0 saturated carbocycles. The first-order chi connectivity index (χ1) is 15.6. The number of benzene rings is 2. The summed E-state index contributed by atoms with van der Waals surface area (Å²) in [4.78, 5) is 39.6. The molecule has 32 heavy (non-hydrogen) atoms. The van der Waals surface area contributed by atoms with Gasteiger partial charge >= 0.3 is 0 Å². The molecule has 9 heteroatoms. The number of thiazole rings is 1. The van der Waals surface area contributed by atoms with Crippen LogP contribution >= 0.6 is 11.3 Å². The summed E-state index contributed by atoms with van der Waals surface area (Å²) in [6, 6.07) is 15.2. The molecule has 1 amide bonds. The van der Waals surface area contributed by atoms with Crippen LogP contribution in [0.2, 0.25) is 0 Å². The standard InChI is InChI=1S/C23H20FN5O2S/c24-16-10-8-15(9-11-16)19-27-21(31)18-22(28-19)32-23(26-18)29-12-4-7-17(29)20(30)25-13-14-5-2-1-3-6-14/h1-3,5-6,8-11,17H,4,7,12-13H2,(H,25,30)(H,27,28,31)/t17-/m1/s1. The van der Waals surface area contributed by atoms with Gasteiger partial charge in [-0.1, -0.05) is 41.7 Å². The van der Waals surface area contributed by atoms with E-state index in [-0.39, 0.29) is 28.8 Å². The lowest BCUT2D eigenvalue weighted by atomic mass is 10.2. The summed E-state index contributed by atoms with van der Waals surface area (Å²) in [5.74, 6) is -0.0568. The van der Waals surface area contributed by atoms with Gasteiger partial charge in [0.15, 0.2) is 15.5 Å². The van der Waals surface area contributed by atoms with Crippen molar-refractivity contribution in [1.82, 2.24) is 20.3 Å². The van der Waals surface area contributed by atoms with E-state index in [0.29, 0.717) is 34.4 Å². The van der Waals surface area contributed by atoms with Crippen LogP contribution in [0.15, 0.2) is 59.4 Å². The molecule has 1 aliphatic heterocycles. The average molecular weight is 450 g/mol. The minimum atomic E-state index is -0.360. The Kier molecular flexibility index (Phi) is 5.40. The Morgan fingerprint density at radius 2 is 1.94 bits per heavy atom. The van der Waals surface area contributed by atoms with Crippen LogP contribution in [-0.2, 0) is 11.3 Å². The molecule has 1 fully saturated rings. The number of amides is 1. The third-order valence-corrected chi connectivity index (χ3v) is 6.47. The monoisotopic (exact) mass is 449 g/mol. The Bertz CT molecular complexity index is 1320. The minimum absolute atomic E-state index is 0.0560. The van der Waals surface area contributed by atoms with Crippen molar-refractivity contribution in [3.8, 4) is 11.4 Å². The van der Waals surface area contributed by atoms with E-state index in [1.54, 1.807) is 12.1 Å². The van der Waals surface area contributed by atoms with Crippen molar-refractivity contribution in [1.29, 1.82) is 0 Å². The van der Waals surface area contributed by atoms with Gasteiger partial charge in [-0.15, -0.1) is 0 Å². The lowest BCUT2D eigenvalue weighted by molar-refractivity contribution is -0.122. The largest absolute Gasteiger partial charge is 0.350 e. The van der Waals surface area contributed by atoms with Crippen molar-refractivity contribution in [3.63, 3.8) is 0 Å². The number of nitrogens with one attached hydrogen (secondary N) is 2. The Balaban J connectivity index is 1.39. The van der Waals surface area contributed by atoms with Crippen molar-refractivity contribution >= 4 is 32.7 Å². The molecule has 5 rings (SSSR count). The van der Waals surface area contributed by atoms with Crippen LogP contribution < -0.4 is 15.8 Å². The molecule has 0 radical (unpaired) electrons. The number of carbonyl (C=O) groups is 1. The highest BCUT2D eigenvalue weighted by Crippen LogP contribution is 2.32. The molecule has 1 aliphatic rings. The molecule has 162 valence electrons. The number of fused-ring (bicyclic) bond motifs is 1. The summed E-state index contributed by atoms with van der Waals surface area (Å²) >= 11 is 1.29. The maximum atomic E-state index is 13.2. The van der Waals surface area contributed by atoms with E-state index in [9.17, 15) is 14.0 Å². The third-order valence-electron chi connectivity index (χ3n) is 5.49. The maximum absolute atomic E-state index is 13.2. The summed E-state index contributed by atoms with van der Waals surface area (Å²) in [6.45, 7) is 1.15. The van der Waals surface area contributed by atoms with Gasteiger partial charge in [-0.25, -0.2) is 14.4 Å². The fourth-order valence-electron chi connectivity index (χ4n) is 3.86. The number of aromatic nitrogens is 3. The summed E-state index contributed by atoms with van der Waals surface area (Å²) in [5, 5.41) is 3.61. The Morgan fingerprint density at radius 1 is 1.16 bits per heavy atom. The molecule has 0 spiro atoms. The van der Waals surface area contributed by atoms with E-state index < -0.39 is 0 Å². The van der Waals surface area contributed by atoms with Crippen molar-refractivity contribution in [2.75, 3.05) is 11.4 Å². The second-order valence-corrected chi connectivity index (χ2v) is 8.58. The highest BCUT2D eigenvalue weighted by Gasteiger charge is 2.33. The quantitative estimate of drug-likeness (QED) is 0.487. The predicted molar refractivity (Wildman–Crippen MR) is 122 cm³/mol. The third kappa shape index (κ3) is 3.99. The van der Waals surface area contributed by atoms with Gasteiger partial charge in [-0.3, -0.25) is 9.59 Å². The molecule has 2 N–H and O–H groups in total. The number of carbonyl (C=O) groups excluding carboxylic acids is 1. The Hall–Kier alpha value is -3.59. The van der Waals surface area contributed by atoms with E-state index >= 15 is 0 Å². The molecule has 4 aromatic rings. The van der Waals surface area contributed by atoms with Gasteiger partial charge in [-0.05, 0) is 42.7 Å². The Morgan fingerprint density at radius 3 is 2.72 bits per heavy atom. The van der Waals surface area contributed by atoms with Gasteiger partial charge < -0.3 is 15.2 Å². The number of hydrogen-bond acceptors (Lipinski definition) is 6.